The quantitative estimate of drug-likeness (QED) is 0.510. The van der Waals surface area contributed by atoms with Crippen LogP contribution in [0.3, 0.4) is 0 Å². The fourth-order valence-corrected chi connectivity index (χ4v) is 5.37. The average Bonchev–Trinajstić information content (AvgIpc) is 3.65. The van der Waals surface area contributed by atoms with Gasteiger partial charge in [0, 0.05) is 18.2 Å². The van der Waals surface area contributed by atoms with Crippen LogP contribution in [0.15, 0.2) is 40.1 Å². The zero-order chi connectivity index (χ0) is 25.7. The zero-order valence-corrected chi connectivity index (χ0v) is 21.5. The highest BCUT2D eigenvalue weighted by Crippen LogP contribution is 2.43. The van der Waals surface area contributed by atoms with Crippen LogP contribution in [-0.2, 0) is 22.5 Å². The number of hydrogen-bond acceptors (Lipinski definition) is 6. The molecule has 1 aliphatic heterocycles. The molecule has 36 heavy (non-hydrogen) atoms. The molecule has 8 heteroatoms. The number of aryl methyl sites for hydroxylation is 4. The van der Waals surface area contributed by atoms with E-state index in [0.717, 1.165) is 39.2 Å². The first-order valence-corrected chi connectivity index (χ1v) is 12.1. The molecule has 3 aromatic rings. The van der Waals surface area contributed by atoms with E-state index >= 15 is 0 Å². The maximum atomic E-state index is 13.9. The smallest absolute Gasteiger partial charge is 0.330 e. The van der Waals surface area contributed by atoms with Gasteiger partial charge in [-0.1, -0.05) is 17.7 Å². The van der Waals surface area contributed by atoms with Gasteiger partial charge in [-0.05, 0) is 62.4 Å². The van der Waals surface area contributed by atoms with Gasteiger partial charge in [0.2, 0.25) is 0 Å². The normalized spacial score (nSPS) is 18.3. The van der Waals surface area contributed by atoms with Crippen LogP contribution in [0, 0.1) is 26.7 Å². The lowest BCUT2D eigenvalue weighted by atomic mass is 9.97. The fourth-order valence-electron chi connectivity index (χ4n) is 5.37. The zero-order valence-electron chi connectivity index (χ0n) is 21.5. The molecule has 2 unspecified atom stereocenters. The van der Waals surface area contributed by atoms with E-state index in [1.807, 2.05) is 32.0 Å². The summed E-state index contributed by atoms with van der Waals surface area (Å²) in [6, 6.07) is 9.74. The van der Waals surface area contributed by atoms with Crippen LogP contribution >= 0.6 is 0 Å². The number of benzene rings is 2. The minimum Gasteiger partial charge on any atom is -0.493 e. The summed E-state index contributed by atoms with van der Waals surface area (Å²) in [5.74, 6) is 0.615. The molecule has 0 radical (unpaired) electrons. The standard InChI is InChI=1S/C28H31N3O5/c1-15-9-16(2)26(17(3)10-15)29-25-14-21-19-13-24(35-5)23(34-4)11-18(19)7-8-30(21)28(33)31(25)22-12-20(22)27(32)36-6/h9-11,13-14,20,22H,7-8,12H2,1-6H3. The molecule has 1 aromatic heterocycles. The van der Waals surface area contributed by atoms with Crippen molar-refractivity contribution in [3.63, 3.8) is 0 Å². The Morgan fingerprint density at radius 3 is 2.28 bits per heavy atom. The second-order valence-corrected chi connectivity index (χ2v) is 9.60. The molecule has 0 bridgehead atoms. The van der Waals surface area contributed by atoms with Crippen molar-refractivity contribution < 1.29 is 19.0 Å². The number of hydrogen-bond donors (Lipinski definition) is 0. The second kappa shape index (κ2) is 9.00. The summed E-state index contributed by atoms with van der Waals surface area (Å²) in [5, 5.41) is 0. The van der Waals surface area contributed by atoms with Crippen molar-refractivity contribution in [3.8, 4) is 22.8 Å². The van der Waals surface area contributed by atoms with E-state index in [-0.39, 0.29) is 23.6 Å². The maximum Gasteiger partial charge on any atom is 0.330 e. The third-order valence-corrected chi connectivity index (χ3v) is 7.18. The van der Waals surface area contributed by atoms with Crippen molar-refractivity contribution in [3.05, 3.63) is 68.6 Å². The number of carbonyl (C=O) groups excluding carboxylic acids is 1. The third-order valence-electron chi connectivity index (χ3n) is 7.18. The lowest BCUT2D eigenvalue weighted by Gasteiger charge is -2.24. The lowest BCUT2D eigenvalue weighted by Crippen LogP contribution is -2.42. The highest BCUT2D eigenvalue weighted by molar-refractivity contribution is 5.76. The van der Waals surface area contributed by atoms with Crippen molar-refractivity contribution in [1.29, 1.82) is 0 Å². The Hall–Kier alpha value is -3.81. The van der Waals surface area contributed by atoms with Crippen LogP contribution in [0.25, 0.3) is 11.3 Å². The van der Waals surface area contributed by atoms with Crippen LogP contribution in [0.2, 0.25) is 0 Å². The van der Waals surface area contributed by atoms with E-state index in [2.05, 4.69) is 19.1 Å². The van der Waals surface area contributed by atoms with Crippen LogP contribution in [-0.4, -0.2) is 36.4 Å². The van der Waals surface area contributed by atoms with Crippen molar-refractivity contribution >= 4 is 11.7 Å². The number of methoxy groups -OCH3 is 3. The topological polar surface area (TPSA) is 84.1 Å². The largest absolute Gasteiger partial charge is 0.493 e. The SMILES string of the molecule is COC(=O)C1CC1n1c(=Nc2c(C)cc(C)cc2C)cc2n(c1=O)CCc1cc(OC)c(OC)cc1-2. The third kappa shape index (κ3) is 3.90. The minimum atomic E-state index is -0.347. The van der Waals surface area contributed by atoms with Crippen molar-refractivity contribution in [1.82, 2.24) is 9.13 Å². The first-order valence-electron chi connectivity index (χ1n) is 12.1. The van der Waals surface area contributed by atoms with Crippen LogP contribution in [0.1, 0.15) is 34.7 Å². The van der Waals surface area contributed by atoms with Gasteiger partial charge in [0.25, 0.3) is 0 Å². The van der Waals surface area contributed by atoms with Crippen LogP contribution in [0.4, 0.5) is 5.69 Å². The Bertz CT molecular complexity index is 1490. The molecule has 1 saturated carbocycles. The Kier molecular flexibility index (Phi) is 5.98. The van der Waals surface area contributed by atoms with E-state index in [9.17, 15) is 9.59 Å². The number of carbonyl (C=O) groups is 1. The first-order chi connectivity index (χ1) is 17.3. The van der Waals surface area contributed by atoms with E-state index in [4.69, 9.17) is 19.2 Å². The Labute approximate surface area is 209 Å². The molecule has 2 aliphatic rings. The summed E-state index contributed by atoms with van der Waals surface area (Å²) in [5.41, 5.74) is 7.17. The van der Waals surface area contributed by atoms with Gasteiger partial charge in [0.05, 0.1) is 44.7 Å². The summed E-state index contributed by atoms with van der Waals surface area (Å²) in [4.78, 5) is 31.2. The average molecular weight is 490 g/mol. The molecule has 0 spiro atoms. The van der Waals surface area contributed by atoms with Crippen LogP contribution < -0.4 is 20.7 Å². The summed E-state index contributed by atoms with van der Waals surface area (Å²) < 4.78 is 19.5. The first kappa shape index (κ1) is 23.9. The van der Waals surface area contributed by atoms with Crippen LogP contribution in [0.5, 0.6) is 11.5 Å². The fraction of sp³-hybridized carbons (Fsp3) is 0.393. The van der Waals surface area contributed by atoms with Gasteiger partial charge in [0.1, 0.15) is 5.49 Å². The molecule has 5 rings (SSSR count). The summed E-state index contributed by atoms with van der Waals surface area (Å²) in [7, 11) is 4.60. The van der Waals surface area contributed by atoms with Crippen molar-refractivity contribution in [2.24, 2.45) is 10.9 Å². The highest BCUT2D eigenvalue weighted by Gasteiger charge is 2.47. The Morgan fingerprint density at radius 2 is 1.64 bits per heavy atom. The number of rotatable bonds is 5. The van der Waals surface area contributed by atoms with Gasteiger partial charge in [-0.25, -0.2) is 9.79 Å². The van der Waals surface area contributed by atoms with Crippen molar-refractivity contribution in [2.75, 3.05) is 21.3 Å². The van der Waals surface area contributed by atoms with E-state index in [1.54, 1.807) is 23.4 Å². The number of ether oxygens (including phenoxy) is 3. The predicted molar refractivity (Wildman–Crippen MR) is 136 cm³/mol. The number of esters is 1. The molecule has 2 atom stereocenters. The van der Waals surface area contributed by atoms with Gasteiger partial charge < -0.3 is 14.2 Å². The van der Waals surface area contributed by atoms with Gasteiger partial charge >= 0.3 is 11.7 Å². The minimum absolute atomic E-state index is 0.175. The second-order valence-electron chi connectivity index (χ2n) is 9.60. The molecular formula is C28H31N3O5. The molecular weight excluding hydrogens is 458 g/mol. The van der Waals surface area contributed by atoms with Gasteiger partial charge in [-0.3, -0.25) is 13.9 Å². The number of nitrogens with zero attached hydrogens (tertiary/aromatic N) is 3. The molecule has 1 fully saturated rings. The molecule has 0 N–H and O–H groups in total. The molecule has 0 amide bonds. The van der Waals surface area contributed by atoms with Gasteiger partial charge in [0.15, 0.2) is 11.5 Å². The van der Waals surface area contributed by atoms with Gasteiger partial charge in [-0.2, -0.15) is 0 Å². The number of aromatic nitrogens is 2. The monoisotopic (exact) mass is 489 g/mol. The molecule has 1 aliphatic carbocycles. The highest BCUT2D eigenvalue weighted by atomic mass is 16.5. The van der Waals surface area contributed by atoms with E-state index < -0.39 is 0 Å². The molecule has 8 nitrogen and oxygen atoms in total. The molecule has 0 saturated heterocycles. The molecule has 2 aromatic carbocycles. The van der Waals surface area contributed by atoms with E-state index in [0.29, 0.717) is 36.4 Å². The summed E-state index contributed by atoms with van der Waals surface area (Å²) >= 11 is 0. The maximum absolute atomic E-state index is 13.9. The van der Waals surface area contributed by atoms with Crippen molar-refractivity contribution in [2.45, 2.75) is 46.2 Å². The number of fused-ring (bicyclic) bond motifs is 3. The Morgan fingerprint density at radius 1 is 0.972 bits per heavy atom. The summed E-state index contributed by atoms with van der Waals surface area (Å²) in [6.07, 6.45) is 1.24. The Balaban J connectivity index is 1.79. The molecule has 2 heterocycles. The van der Waals surface area contributed by atoms with E-state index in [1.165, 1.54) is 7.11 Å². The summed E-state index contributed by atoms with van der Waals surface area (Å²) in [6.45, 7) is 6.62. The molecule has 188 valence electrons. The predicted octanol–water partition coefficient (Wildman–Crippen LogP) is 3.78. The lowest BCUT2D eigenvalue weighted by molar-refractivity contribution is -0.142. The van der Waals surface area contributed by atoms with Gasteiger partial charge in [-0.15, -0.1) is 0 Å².